The quantitative estimate of drug-likeness (QED) is 0.866. The lowest BCUT2D eigenvalue weighted by atomic mass is 10.1. The molecule has 22 heavy (non-hydrogen) atoms. The van der Waals surface area contributed by atoms with Gasteiger partial charge in [0.15, 0.2) is 6.61 Å². The topological polar surface area (TPSA) is 38.3 Å². The third-order valence-electron chi connectivity index (χ3n) is 2.88. The fourth-order valence-corrected chi connectivity index (χ4v) is 2.16. The molecule has 0 saturated heterocycles. The fraction of sp³-hybridized carbons (Fsp3) is 0.188. The molecule has 0 heterocycles. The normalized spacial score (nSPS) is 10.3. The molecule has 0 radical (unpaired) electrons. The number of hydrogen-bond donors (Lipinski definition) is 1. The molecule has 0 aliphatic rings. The molecule has 0 fully saturated rings. The summed E-state index contributed by atoms with van der Waals surface area (Å²) in [6.07, 6.45) is 0.543. The van der Waals surface area contributed by atoms with Crippen molar-refractivity contribution < 1.29 is 13.9 Å². The summed E-state index contributed by atoms with van der Waals surface area (Å²) in [7, 11) is 0. The lowest BCUT2D eigenvalue weighted by Gasteiger charge is -2.09. The summed E-state index contributed by atoms with van der Waals surface area (Å²) in [6, 6.07) is 11.0. The zero-order chi connectivity index (χ0) is 15.9. The molecule has 0 aliphatic heterocycles. The van der Waals surface area contributed by atoms with Gasteiger partial charge < -0.3 is 10.1 Å². The van der Waals surface area contributed by atoms with Crippen LogP contribution in [0, 0.1) is 5.82 Å². The monoisotopic (exact) mass is 341 g/mol. The van der Waals surface area contributed by atoms with Crippen LogP contribution in [0.25, 0.3) is 0 Å². The Balaban J connectivity index is 1.75. The third kappa shape index (κ3) is 5.20. The van der Waals surface area contributed by atoms with Crippen LogP contribution in [0.4, 0.5) is 4.39 Å². The number of nitrogens with one attached hydrogen (secondary N) is 1. The minimum atomic E-state index is -0.289. The molecule has 0 aromatic heterocycles. The lowest BCUT2D eigenvalue weighted by molar-refractivity contribution is -0.123. The predicted octanol–water partition coefficient (Wildman–Crippen LogP) is 3.87. The van der Waals surface area contributed by atoms with Gasteiger partial charge in [-0.1, -0.05) is 35.3 Å². The van der Waals surface area contributed by atoms with Crippen molar-refractivity contribution in [2.75, 3.05) is 13.2 Å². The SMILES string of the molecule is O=C(COc1cc(Cl)ccc1Cl)NCCc1cccc(F)c1. The minimum absolute atomic E-state index is 0.163. The molecule has 2 aromatic carbocycles. The van der Waals surface area contributed by atoms with E-state index in [-0.39, 0.29) is 18.3 Å². The summed E-state index contributed by atoms with van der Waals surface area (Å²) in [5.74, 6) is -0.218. The van der Waals surface area contributed by atoms with Crippen molar-refractivity contribution in [1.82, 2.24) is 5.32 Å². The maximum atomic E-state index is 13.0. The number of carbonyl (C=O) groups excluding carboxylic acids is 1. The van der Waals surface area contributed by atoms with Gasteiger partial charge in [-0.3, -0.25) is 4.79 Å². The van der Waals surface area contributed by atoms with E-state index in [0.29, 0.717) is 28.8 Å². The molecule has 1 amide bonds. The van der Waals surface area contributed by atoms with Crippen molar-refractivity contribution >= 4 is 29.1 Å². The van der Waals surface area contributed by atoms with Crippen LogP contribution in [-0.2, 0) is 11.2 Å². The highest BCUT2D eigenvalue weighted by Crippen LogP contribution is 2.27. The molecule has 116 valence electrons. The molecule has 6 heteroatoms. The first-order valence-corrected chi connectivity index (χ1v) is 7.39. The van der Waals surface area contributed by atoms with E-state index in [2.05, 4.69) is 5.32 Å². The Kier molecular flexibility index (Phi) is 6.04. The van der Waals surface area contributed by atoms with Gasteiger partial charge in [-0.15, -0.1) is 0 Å². The van der Waals surface area contributed by atoms with Crippen LogP contribution in [0.1, 0.15) is 5.56 Å². The molecule has 1 N–H and O–H groups in total. The van der Waals surface area contributed by atoms with E-state index in [1.807, 2.05) is 0 Å². The average Bonchev–Trinajstić information content (AvgIpc) is 2.48. The molecule has 0 bridgehead atoms. The van der Waals surface area contributed by atoms with Gasteiger partial charge in [0.2, 0.25) is 0 Å². The van der Waals surface area contributed by atoms with E-state index in [4.69, 9.17) is 27.9 Å². The van der Waals surface area contributed by atoms with Crippen molar-refractivity contribution in [3.63, 3.8) is 0 Å². The van der Waals surface area contributed by atoms with Crippen molar-refractivity contribution in [2.45, 2.75) is 6.42 Å². The van der Waals surface area contributed by atoms with Crippen molar-refractivity contribution in [2.24, 2.45) is 0 Å². The average molecular weight is 342 g/mol. The van der Waals surface area contributed by atoms with E-state index in [0.717, 1.165) is 5.56 Å². The summed E-state index contributed by atoms with van der Waals surface area (Å²) in [4.78, 5) is 11.7. The Morgan fingerprint density at radius 1 is 1.18 bits per heavy atom. The molecule has 2 rings (SSSR count). The Bertz CT molecular complexity index is 664. The zero-order valence-corrected chi connectivity index (χ0v) is 13.1. The summed E-state index contributed by atoms with van der Waals surface area (Å²) in [5.41, 5.74) is 0.819. The number of benzene rings is 2. The van der Waals surface area contributed by atoms with E-state index in [9.17, 15) is 9.18 Å². The van der Waals surface area contributed by atoms with Crippen LogP contribution in [0.15, 0.2) is 42.5 Å². The molecule has 0 atom stereocenters. The molecule has 0 unspecified atom stereocenters. The first kappa shape index (κ1) is 16.6. The smallest absolute Gasteiger partial charge is 0.257 e. The summed E-state index contributed by atoms with van der Waals surface area (Å²) >= 11 is 11.8. The van der Waals surface area contributed by atoms with Gasteiger partial charge in [-0.2, -0.15) is 0 Å². The second-order valence-corrected chi connectivity index (χ2v) is 5.44. The van der Waals surface area contributed by atoms with Crippen molar-refractivity contribution in [3.8, 4) is 5.75 Å². The van der Waals surface area contributed by atoms with Crippen molar-refractivity contribution in [3.05, 3.63) is 63.9 Å². The molecular formula is C16H14Cl2FNO2. The van der Waals surface area contributed by atoms with E-state index >= 15 is 0 Å². The van der Waals surface area contributed by atoms with Crippen LogP contribution < -0.4 is 10.1 Å². The highest BCUT2D eigenvalue weighted by molar-refractivity contribution is 6.34. The number of halogens is 3. The summed E-state index contributed by atoms with van der Waals surface area (Å²) in [6.45, 7) is 0.234. The Morgan fingerprint density at radius 2 is 2.00 bits per heavy atom. The number of amides is 1. The second-order valence-electron chi connectivity index (χ2n) is 4.59. The second kappa shape index (κ2) is 8.01. The van der Waals surface area contributed by atoms with Crippen LogP contribution in [-0.4, -0.2) is 19.1 Å². The number of rotatable bonds is 6. The first-order chi connectivity index (χ1) is 10.5. The Morgan fingerprint density at radius 3 is 2.77 bits per heavy atom. The van der Waals surface area contributed by atoms with Gasteiger partial charge in [0, 0.05) is 17.6 Å². The van der Waals surface area contributed by atoms with Crippen LogP contribution in [0.3, 0.4) is 0 Å². The molecule has 0 spiro atoms. The number of hydrogen-bond acceptors (Lipinski definition) is 2. The van der Waals surface area contributed by atoms with Gasteiger partial charge >= 0.3 is 0 Å². The number of carbonyl (C=O) groups is 1. The van der Waals surface area contributed by atoms with Crippen LogP contribution in [0.5, 0.6) is 5.75 Å². The maximum absolute atomic E-state index is 13.0. The van der Waals surface area contributed by atoms with E-state index < -0.39 is 0 Å². The highest BCUT2D eigenvalue weighted by atomic mass is 35.5. The first-order valence-electron chi connectivity index (χ1n) is 6.63. The molecule has 0 aliphatic carbocycles. The molecule has 2 aromatic rings. The zero-order valence-electron chi connectivity index (χ0n) is 11.6. The van der Waals surface area contributed by atoms with E-state index in [1.54, 1.807) is 30.3 Å². The maximum Gasteiger partial charge on any atom is 0.257 e. The van der Waals surface area contributed by atoms with Gasteiger partial charge in [-0.05, 0) is 36.2 Å². The summed E-state index contributed by atoms with van der Waals surface area (Å²) in [5, 5.41) is 3.56. The van der Waals surface area contributed by atoms with Gasteiger partial charge in [-0.25, -0.2) is 4.39 Å². The highest BCUT2D eigenvalue weighted by Gasteiger charge is 2.06. The predicted molar refractivity (Wildman–Crippen MR) is 85.1 cm³/mol. The third-order valence-corrected chi connectivity index (χ3v) is 3.42. The fourth-order valence-electron chi connectivity index (χ4n) is 1.82. The lowest BCUT2D eigenvalue weighted by Crippen LogP contribution is -2.30. The molecular weight excluding hydrogens is 328 g/mol. The van der Waals surface area contributed by atoms with Gasteiger partial charge in [0.25, 0.3) is 5.91 Å². The van der Waals surface area contributed by atoms with Crippen LogP contribution >= 0.6 is 23.2 Å². The molecule has 3 nitrogen and oxygen atoms in total. The van der Waals surface area contributed by atoms with E-state index in [1.165, 1.54) is 12.1 Å². The Hall–Kier alpha value is -1.78. The number of ether oxygens (including phenoxy) is 1. The van der Waals surface area contributed by atoms with Gasteiger partial charge in [0.1, 0.15) is 11.6 Å². The minimum Gasteiger partial charge on any atom is -0.482 e. The largest absolute Gasteiger partial charge is 0.482 e. The summed E-state index contributed by atoms with van der Waals surface area (Å²) < 4.78 is 18.3. The Labute approximate surface area is 138 Å². The van der Waals surface area contributed by atoms with Crippen LogP contribution in [0.2, 0.25) is 10.0 Å². The van der Waals surface area contributed by atoms with Crippen molar-refractivity contribution in [1.29, 1.82) is 0 Å². The molecule has 0 saturated carbocycles. The standard InChI is InChI=1S/C16H14Cl2FNO2/c17-12-4-5-14(18)15(9-12)22-10-16(21)20-7-6-11-2-1-3-13(19)8-11/h1-5,8-9H,6-7,10H2,(H,20,21). The van der Waals surface area contributed by atoms with Gasteiger partial charge in [0.05, 0.1) is 5.02 Å².